The second-order valence-corrected chi connectivity index (χ2v) is 7.83. The molecule has 5 rings (SSSR count). The molecular weight excluding hydrogens is 400 g/mol. The Bertz CT molecular complexity index is 983. The Hall–Kier alpha value is -2.43. The number of nitrogens with zero attached hydrogens (tertiary/aromatic N) is 2. The highest BCUT2D eigenvalue weighted by molar-refractivity contribution is 9.10. The zero-order valence-electron chi connectivity index (χ0n) is 14.9. The van der Waals surface area contributed by atoms with Crippen molar-refractivity contribution >= 4 is 21.6 Å². The molecule has 3 aromatic rings. The van der Waals surface area contributed by atoms with Gasteiger partial charge >= 0.3 is 0 Å². The van der Waals surface area contributed by atoms with Crippen molar-refractivity contribution in [2.45, 2.75) is 18.2 Å². The number of hydrogen-bond donors (Lipinski definition) is 0. The summed E-state index contributed by atoms with van der Waals surface area (Å²) in [5.41, 5.74) is 4.92. The van der Waals surface area contributed by atoms with Gasteiger partial charge < -0.3 is 4.74 Å². The van der Waals surface area contributed by atoms with Crippen molar-refractivity contribution in [3.05, 3.63) is 100 Å². The SMILES string of the molecule is COc1ccc(C2=N[C@H](c3ccc(Br)cc3)N3[C@H]2[C@H]3c2ccccc2)cc1. The standard InChI is InChI=1S/C23H19BrN2O/c1-27-19-13-9-15(10-14-19)20-22-21(16-5-3-2-4-6-16)26(22)23(25-20)17-7-11-18(24)12-8-17/h2-14,21-23H,1H3/t21-,22-,23+,26?/m1/s1. The molecule has 134 valence electrons. The van der Waals surface area contributed by atoms with Crippen LogP contribution in [-0.4, -0.2) is 23.8 Å². The molecule has 3 aromatic carbocycles. The smallest absolute Gasteiger partial charge is 0.129 e. The van der Waals surface area contributed by atoms with Crippen LogP contribution in [0.1, 0.15) is 28.9 Å². The minimum atomic E-state index is 0.0606. The number of hydrogen-bond acceptors (Lipinski definition) is 3. The second-order valence-electron chi connectivity index (χ2n) is 6.92. The highest BCUT2D eigenvalue weighted by atomic mass is 79.9. The first-order valence-electron chi connectivity index (χ1n) is 9.06. The maximum atomic E-state index is 5.31. The van der Waals surface area contributed by atoms with Crippen molar-refractivity contribution in [1.82, 2.24) is 4.90 Å². The molecule has 3 nitrogen and oxygen atoms in total. The van der Waals surface area contributed by atoms with E-state index in [1.807, 2.05) is 12.1 Å². The lowest BCUT2D eigenvalue weighted by atomic mass is 10.0. The summed E-state index contributed by atoms with van der Waals surface area (Å²) in [4.78, 5) is 7.60. The van der Waals surface area contributed by atoms with Crippen LogP contribution in [0, 0.1) is 0 Å². The van der Waals surface area contributed by atoms with Crippen LogP contribution in [0.15, 0.2) is 88.3 Å². The first-order chi connectivity index (χ1) is 13.3. The topological polar surface area (TPSA) is 24.6 Å². The summed E-state index contributed by atoms with van der Waals surface area (Å²) in [5.74, 6) is 0.870. The van der Waals surface area contributed by atoms with Crippen LogP contribution in [0.2, 0.25) is 0 Å². The average Bonchev–Trinajstić information content (AvgIpc) is 3.34. The minimum Gasteiger partial charge on any atom is -0.497 e. The maximum absolute atomic E-state index is 5.31. The van der Waals surface area contributed by atoms with Crippen LogP contribution in [0.3, 0.4) is 0 Å². The molecule has 0 radical (unpaired) electrons. The van der Waals surface area contributed by atoms with Gasteiger partial charge in [-0.05, 0) is 53.1 Å². The monoisotopic (exact) mass is 418 g/mol. The van der Waals surface area contributed by atoms with Gasteiger partial charge in [0.05, 0.1) is 24.9 Å². The molecule has 0 bridgehead atoms. The van der Waals surface area contributed by atoms with E-state index in [9.17, 15) is 0 Å². The molecule has 1 unspecified atom stereocenters. The third kappa shape index (κ3) is 2.89. The van der Waals surface area contributed by atoms with E-state index in [0.29, 0.717) is 12.1 Å². The van der Waals surface area contributed by atoms with E-state index in [1.54, 1.807) is 7.11 Å². The van der Waals surface area contributed by atoms with Crippen LogP contribution in [0.25, 0.3) is 0 Å². The summed E-state index contributed by atoms with van der Waals surface area (Å²) in [7, 11) is 1.69. The summed E-state index contributed by atoms with van der Waals surface area (Å²) < 4.78 is 6.39. The summed E-state index contributed by atoms with van der Waals surface area (Å²) >= 11 is 3.53. The molecule has 0 amide bonds. The zero-order chi connectivity index (χ0) is 18.4. The molecule has 2 heterocycles. The third-order valence-electron chi connectivity index (χ3n) is 5.37. The molecular formula is C23H19BrN2O. The van der Waals surface area contributed by atoms with Crippen molar-refractivity contribution in [1.29, 1.82) is 0 Å². The number of methoxy groups -OCH3 is 1. The van der Waals surface area contributed by atoms with E-state index in [1.165, 1.54) is 22.4 Å². The molecule has 4 heteroatoms. The van der Waals surface area contributed by atoms with Crippen LogP contribution in [-0.2, 0) is 0 Å². The van der Waals surface area contributed by atoms with E-state index >= 15 is 0 Å². The Kier molecular flexibility index (Phi) is 4.10. The number of benzene rings is 3. The van der Waals surface area contributed by atoms with E-state index in [2.05, 4.69) is 87.6 Å². The highest BCUT2D eigenvalue weighted by Gasteiger charge is 2.59. The zero-order valence-corrected chi connectivity index (χ0v) is 16.5. The predicted molar refractivity (Wildman–Crippen MR) is 111 cm³/mol. The van der Waals surface area contributed by atoms with Gasteiger partial charge in [0.2, 0.25) is 0 Å². The lowest BCUT2D eigenvalue weighted by Crippen LogP contribution is -2.08. The minimum absolute atomic E-state index is 0.0606. The lowest BCUT2D eigenvalue weighted by Gasteiger charge is -2.14. The Morgan fingerprint density at radius 2 is 1.52 bits per heavy atom. The van der Waals surface area contributed by atoms with Crippen LogP contribution in [0.4, 0.5) is 0 Å². The molecule has 0 aliphatic carbocycles. The molecule has 0 saturated carbocycles. The molecule has 27 heavy (non-hydrogen) atoms. The first kappa shape index (κ1) is 16.7. The fraction of sp³-hybridized carbons (Fsp3) is 0.174. The van der Waals surface area contributed by atoms with Gasteiger partial charge in [-0.15, -0.1) is 0 Å². The van der Waals surface area contributed by atoms with Gasteiger partial charge in [0.15, 0.2) is 0 Å². The van der Waals surface area contributed by atoms with Crippen molar-refractivity contribution < 1.29 is 4.74 Å². The third-order valence-corrected chi connectivity index (χ3v) is 5.90. The van der Waals surface area contributed by atoms with Gasteiger partial charge in [0.25, 0.3) is 0 Å². The maximum Gasteiger partial charge on any atom is 0.129 e. The first-order valence-corrected chi connectivity index (χ1v) is 9.85. The number of ether oxygens (including phenoxy) is 1. The van der Waals surface area contributed by atoms with E-state index in [-0.39, 0.29) is 6.17 Å². The average molecular weight is 419 g/mol. The Labute approximate surface area is 167 Å². The predicted octanol–water partition coefficient (Wildman–Crippen LogP) is 5.38. The number of rotatable bonds is 4. The summed E-state index contributed by atoms with van der Waals surface area (Å²) in [5, 5.41) is 0. The fourth-order valence-corrected chi connectivity index (χ4v) is 4.28. The molecule has 2 aliphatic heterocycles. The van der Waals surface area contributed by atoms with Crippen molar-refractivity contribution in [3.8, 4) is 5.75 Å². The Morgan fingerprint density at radius 1 is 0.815 bits per heavy atom. The van der Waals surface area contributed by atoms with Crippen molar-refractivity contribution in [2.75, 3.05) is 7.11 Å². The molecule has 1 fully saturated rings. The summed E-state index contributed by atoms with van der Waals surface area (Å²) in [6, 6.07) is 28.2. The summed E-state index contributed by atoms with van der Waals surface area (Å²) in [6.07, 6.45) is 0.0606. The van der Waals surface area contributed by atoms with Crippen molar-refractivity contribution in [2.24, 2.45) is 4.99 Å². The van der Waals surface area contributed by atoms with Crippen LogP contribution < -0.4 is 4.74 Å². The van der Waals surface area contributed by atoms with Gasteiger partial charge in [0, 0.05) is 4.47 Å². The largest absolute Gasteiger partial charge is 0.497 e. The molecule has 1 saturated heterocycles. The molecule has 0 aromatic heterocycles. The molecule has 4 atom stereocenters. The van der Waals surface area contributed by atoms with E-state index in [0.717, 1.165) is 10.2 Å². The van der Waals surface area contributed by atoms with Crippen LogP contribution >= 0.6 is 15.9 Å². The van der Waals surface area contributed by atoms with Gasteiger partial charge in [-0.1, -0.05) is 58.4 Å². The van der Waals surface area contributed by atoms with Gasteiger partial charge in [-0.25, -0.2) is 0 Å². The Balaban J connectivity index is 1.54. The van der Waals surface area contributed by atoms with E-state index in [4.69, 9.17) is 9.73 Å². The van der Waals surface area contributed by atoms with Crippen molar-refractivity contribution in [3.63, 3.8) is 0 Å². The van der Waals surface area contributed by atoms with Gasteiger partial charge in [-0.3, -0.25) is 9.89 Å². The van der Waals surface area contributed by atoms with Crippen LogP contribution in [0.5, 0.6) is 5.75 Å². The Morgan fingerprint density at radius 3 is 2.19 bits per heavy atom. The summed E-state index contributed by atoms with van der Waals surface area (Å²) in [6.45, 7) is 0. The molecule has 0 spiro atoms. The highest BCUT2D eigenvalue weighted by Crippen LogP contribution is 2.55. The number of aliphatic imine (C=N–C) groups is 1. The quantitative estimate of drug-likeness (QED) is 0.530. The fourth-order valence-electron chi connectivity index (χ4n) is 4.01. The molecule has 2 aliphatic rings. The normalized spacial score (nSPS) is 25.6. The molecule has 0 N–H and O–H groups in total. The van der Waals surface area contributed by atoms with E-state index < -0.39 is 0 Å². The van der Waals surface area contributed by atoms with Gasteiger partial charge in [-0.2, -0.15) is 0 Å². The van der Waals surface area contributed by atoms with Gasteiger partial charge in [0.1, 0.15) is 11.9 Å². The number of halogens is 1. The lowest BCUT2D eigenvalue weighted by molar-refractivity contribution is 0.404. The second kappa shape index (κ2) is 6.63. The number of fused-ring (bicyclic) bond motifs is 1.